The monoisotopic (exact) mass is 487 g/mol. The molecular formula is C26H37N3O4S. The Kier molecular flexibility index (Phi) is 10.1. The molecule has 8 heteroatoms. The minimum absolute atomic E-state index is 0.212. The van der Waals surface area contributed by atoms with Crippen LogP contribution in [-0.4, -0.2) is 50.5 Å². The predicted molar refractivity (Wildman–Crippen MR) is 137 cm³/mol. The fraction of sp³-hybridized carbons (Fsp3) is 0.462. The van der Waals surface area contributed by atoms with E-state index < -0.39 is 22.0 Å². The Labute approximate surface area is 204 Å². The van der Waals surface area contributed by atoms with Gasteiger partial charge in [-0.3, -0.25) is 13.9 Å². The van der Waals surface area contributed by atoms with Crippen LogP contribution in [0.3, 0.4) is 0 Å². The lowest BCUT2D eigenvalue weighted by atomic mass is 10.1. The molecule has 186 valence electrons. The minimum Gasteiger partial charge on any atom is -0.354 e. The first-order valence-corrected chi connectivity index (χ1v) is 13.6. The van der Waals surface area contributed by atoms with Gasteiger partial charge in [-0.05, 0) is 43.4 Å². The molecule has 2 amide bonds. The van der Waals surface area contributed by atoms with E-state index in [4.69, 9.17) is 0 Å². The first-order chi connectivity index (χ1) is 16.1. The Balaban J connectivity index is 2.43. The molecule has 0 bridgehead atoms. The van der Waals surface area contributed by atoms with Gasteiger partial charge in [-0.1, -0.05) is 68.8 Å². The zero-order chi connectivity index (χ0) is 25.3. The maximum Gasteiger partial charge on any atom is 0.244 e. The second kappa shape index (κ2) is 12.6. The van der Waals surface area contributed by atoms with Crippen LogP contribution in [0.4, 0.5) is 5.69 Å². The van der Waals surface area contributed by atoms with Crippen LogP contribution in [0.5, 0.6) is 0 Å². The molecule has 0 fully saturated rings. The molecule has 1 N–H and O–H groups in total. The minimum atomic E-state index is -3.75. The molecule has 0 heterocycles. The summed E-state index contributed by atoms with van der Waals surface area (Å²) in [5.74, 6) is -0.646. The molecule has 0 aliphatic heterocycles. The Morgan fingerprint density at radius 1 is 0.971 bits per heavy atom. The summed E-state index contributed by atoms with van der Waals surface area (Å²) in [6.07, 6.45) is 3.31. The Morgan fingerprint density at radius 3 is 2.12 bits per heavy atom. The second-order valence-electron chi connectivity index (χ2n) is 8.59. The summed E-state index contributed by atoms with van der Waals surface area (Å²) in [6.45, 7) is 7.92. The number of nitrogens with one attached hydrogen (secondary N) is 1. The molecule has 0 aliphatic rings. The third-order valence-electron chi connectivity index (χ3n) is 5.78. The molecule has 7 nitrogen and oxygen atoms in total. The average Bonchev–Trinajstić information content (AvgIpc) is 2.78. The lowest BCUT2D eigenvalue weighted by Gasteiger charge is -2.33. The Bertz CT molecular complexity index is 1050. The van der Waals surface area contributed by atoms with E-state index in [0.717, 1.165) is 40.1 Å². The van der Waals surface area contributed by atoms with Crippen molar-refractivity contribution in [2.45, 2.75) is 59.5 Å². The number of carbonyl (C=O) groups excluding carboxylic acids is 2. The van der Waals surface area contributed by atoms with Gasteiger partial charge in [0.2, 0.25) is 21.8 Å². The fourth-order valence-corrected chi connectivity index (χ4v) is 4.95. The van der Waals surface area contributed by atoms with Crippen molar-refractivity contribution in [3.8, 4) is 0 Å². The van der Waals surface area contributed by atoms with Crippen LogP contribution in [0.25, 0.3) is 0 Å². The first kappa shape index (κ1) is 27.4. The van der Waals surface area contributed by atoms with Gasteiger partial charge in [0.05, 0.1) is 11.9 Å². The van der Waals surface area contributed by atoms with E-state index in [2.05, 4.69) is 5.32 Å². The number of rotatable bonds is 12. The Morgan fingerprint density at radius 2 is 1.59 bits per heavy atom. The number of aryl methyl sites for hydroxylation is 2. The van der Waals surface area contributed by atoms with Gasteiger partial charge in [-0.15, -0.1) is 0 Å². The van der Waals surface area contributed by atoms with Crippen LogP contribution in [-0.2, 0) is 26.2 Å². The predicted octanol–water partition coefficient (Wildman–Crippen LogP) is 3.79. The van der Waals surface area contributed by atoms with Gasteiger partial charge in [-0.2, -0.15) is 0 Å². The molecule has 1 unspecified atom stereocenters. The number of benzene rings is 2. The van der Waals surface area contributed by atoms with Crippen molar-refractivity contribution < 1.29 is 18.0 Å². The van der Waals surface area contributed by atoms with E-state index in [-0.39, 0.29) is 19.0 Å². The maximum atomic E-state index is 13.7. The van der Waals surface area contributed by atoms with Crippen molar-refractivity contribution in [1.82, 2.24) is 10.2 Å². The van der Waals surface area contributed by atoms with E-state index in [1.54, 1.807) is 0 Å². The lowest BCUT2D eigenvalue weighted by molar-refractivity contribution is -0.140. The number of para-hydroxylation sites is 1. The highest BCUT2D eigenvalue weighted by Crippen LogP contribution is 2.27. The quantitative estimate of drug-likeness (QED) is 0.462. The normalized spacial score (nSPS) is 12.1. The van der Waals surface area contributed by atoms with Gasteiger partial charge >= 0.3 is 0 Å². The third kappa shape index (κ3) is 7.32. The maximum absolute atomic E-state index is 13.7. The molecule has 0 aromatic heterocycles. The van der Waals surface area contributed by atoms with Crippen molar-refractivity contribution in [2.75, 3.05) is 23.7 Å². The van der Waals surface area contributed by atoms with Crippen LogP contribution in [0.1, 0.15) is 49.8 Å². The smallest absolute Gasteiger partial charge is 0.244 e. The number of hydrogen-bond donors (Lipinski definition) is 1. The Hall–Kier alpha value is -2.87. The van der Waals surface area contributed by atoms with E-state index in [1.807, 2.05) is 76.2 Å². The molecule has 2 aromatic rings. The summed E-state index contributed by atoms with van der Waals surface area (Å²) >= 11 is 0. The molecule has 0 spiro atoms. The highest BCUT2D eigenvalue weighted by atomic mass is 32.2. The zero-order valence-electron chi connectivity index (χ0n) is 20.9. The first-order valence-electron chi connectivity index (χ1n) is 11.7. The fourth-order valence-electron chi connectivity index (χ4n) is 3.98. The molecule has 34 heavy (non-hydrogen) atoms. The summed E-state index contributed by atoms with van der Waals surface area (Å²) in [5, 5.41) is 2.92. The molecule has 0 saturated heterocycles. The van der Waals surface area contributed by atoms with Crippen molar-refractivity contribution in [3.63, 3.8) is 0 Å². The molecular weight excluding hydrogens is 450 g/mol. The van der Waals surface area contributed by atoms with E-state index in [1.165, 1.54) is 4.90 Å². The topological polar surface area (TPSA) is 86.8 Å². The van der Waals surface area contributed by atoms with Gasteiger partial charge in [-0.25, -0.2) is 8.42 Å². The molecule has 1 atom stereocenters. The SMILES string of the molecule is CCCCNC(=O)C(CC)N(Cc1ccccc1)C(=O)CN(c1c(C)cccc1C)S(C)(=O)=O. The number of amides is 2. The number of carbonyl (C=O) groups is 2. The van der Waals surface area contributed by atoms with Gasteiger partial charge < -0.3 is 10.2 Å². The largest absolute Gasteiger partial charge is 0.354 e. The van der Waals surface area contributed by atoms with Crippen LogP contribution >= 0.6 is 0 Å². The highest BCUT2D eigenvalue weighted by molar-refractivity contribution is 7.92. The van der Waals surface area contributed by atoms with Crippen molar-refractivity contribution in [2.24, 2.45) is 0 Å². The molecule has 0 radical (unpaired) electrons. The summed E-state index contributed by atoms with van der Waals surface area (Å²) in [5.41, 5.74) is 2.89. The highest BCUT2D eigenvalue weighted by Gasteiger charge is 2.32. The van der Waals surface area contributed by atoms with Crippen LogP contribution < -0.4 is 9.62 Å². The van der Waals surface area contributed by atoms with Gasteiger partial charge in [0, 0.05) is 13.1 Å². The van der Waals surface area contributed by atoms with Crippen LogP contribution in [0, 0.1) is 13.8 Å². The van der Waals surface area contributed by atoms with E-state index >= 15 is 0 Å². The van der Waals surface area contributed by atoms with Gasteiger partial charge in [0.15, 0.2) is 0 Å². The van der Waals surface area contributed by atoms with E-state index in [0.29, 0.717) is 18.7 Å². The summed E-state index contributed by atoms with van der Waals surface area (Å²) < 4.78 is 26.7. The molecule has 0 aliphatic carbocycles. The number of hydrogen-bond acceptors (Lipinski definition) is 4. The standard InChI is InChI=1S/C26H37N3O4S/c1-6-8-17-27-26(31)23(7-2)28(18-22-15-10-9-11-16-22)24(30)19-29(34(5,32)33)25-20(3)13-12-14-21(25)4/h9-16,23H,6-8,17-19H2,1-5H3,(H,27,31). The number of unbranched alkanes of at least 4 members (excludes halogenated alkanes) is 1. The summed E-state index contributed by atoms with van der Waals surface area (Å²) in [6, 6.07) is 14.2. The second-order valence-corrected chi connectivity index (χ2v) is 10.5. The lowest BCUT2D eigenvalue weighted by Crippen LogP contribution is -2.52. The number of nitrogens with zero attached hydrogens (tertiary/aromatic N) is 2. The summed E-state index contributed by atoms with van der Waals surface area (Å²) in [7, 11) is -3.75. The van der Waals surface area contributed by atoms with Crippen molar-refractivity contribution in [1.29, 1.82) is 0 Å². The van der Waals surface area contributed by atoms with Gasteiger partial charge in [0.25, 0.3) is 0 Å². The number of sulfonamides is 1. The van der Waals surface area contributed by atoms with Crippen molar-refractivity contribution in [3.05, 3.63) is 65.2 Å². The van der Waals surface area contributed by atoms with Gasteiger partial charge in [0.1, 0.15) is 12.6 Å². The average molecular weight is 488 g/mol. The van der Waals surface area contributed by atoms with Crippen molar-refractivity contribution >= 4 is 27.5 Å². The molecule has 2 aromatic carbocycles. The third-order valence-corrected chi connectivity index (χ3v) is 6.89. The van der Waals surface area contributed by atoms with E-state index in [9.17, 15) is 18.0 Å². The zero-order valence-corrected chi connectivity index (χ0v) is 21.7. The molecule has 0 saturated carbocycles. The molecule has 2 rings (SSSR count). The number of anilines is 1. The van der Waals surface area contributed by atoms with Crippen LogP contribution in [0.15, 0.2) is 48.5 Å². The van der Waals surface area contributed by atoms with Crippen LogP contribution in [0.2, 0.25) is 0 Å². The summed E-state index contributed by atoms with van der Waals surface area (Å²) in [4.78, 5) is 28.2.